The number of rotatable bonds is 5. The summed E-state index contributed by atoms with van der Waals surface area (Å²) in [6, 6.07) is 10.3. The Kier molecular flexibility index (Phi) is 5.10. The van der Waals surface area contributed by atoms with Crippen LogP contribution in [0.4, 0.5) is 11.4 Å². The van der Waals surface area contributed by atoms with Crippen molar-refractivity contribution in [2.75, 3.05) is 17.7 Å². The molecule has 0 aromatic heterocycles. The summed E-state index contributed by atoms with van der Waals surface area (Å²) in [5.41, 5.74) is 0.372. The van der Waals surface area contributed by atoms with Gasteiger partial charge in [-0.05, 0) is 68.4 Å². The number of methoxy groups -OCH3 is 1. The van der Waals surface area contributed by atoms with Gasteiger partial charge in [0.1, 0.15) is 29.7 Å². The minimum absolute atomic E-state index is 0.0782. The first-order valence-corrected chi connectivity index (χ1v) is 10.2. The van der Waals surface area contributed by atoms with E-state index in [9.17, 15) is 10.1 Å². The Hall–Kier alpha value is -3.50. The second-order valence-electron chi connectivity index (χ2n) is 8.78. The molecule has 0 atom stereocenters. The van der Waals surface area contributed by atoms with Gasteiger partial charge in [-0.15, -0.1) is 0 Å². The Morgan fingerprint density at radius 2 is 1.60 bits per heavy atom. The van der Waals surface area contributed by atoms with Crippen LogP contribution in [0.25, 0.3) is 0 Å². The van der Waals surface area contributed by atoms with Gasteiger partial charge in [0, 0.05) is 11.8 Å². The average Bonchev–Trinajstić information content (AvgIpc) is 2.73. The van der Waals surface area contributed by atoms with Crippen LogP contribution in [0, 0.1) is 57.2 Å². The second kappa shape index (κ2) is 7.73. The molecular weight excluding hydrogens is 378 g/mol. The molecule has 0 heterocycles. The second-order valence-corrected chi connectivity index (χ2v) is 8.78. The number of amides is 1. The number of ether oxygens (including phenoxy) is 1. The molecule has 1 amide bonds. The van der Waals surface area contributed by atoms with Crippen molar-refractivity contribution in [1.29, 1.82) is 15.8 Å². The van der Waals surface area contributed by atoms with Crippen molar-refractivity contribution in [2.45, 2.75) is 38.5 Å². The number of nitrogens with one attached hydrogen (secondary N) is 2. The number of nitrogens with zero attached hydrogens (tertiary/aromatic N) is 3. The molecule has 0 radical (unpaired) electrons. The Morgan fingerprint density at radius 3 is 2.10 bits per heavy atom. The molecular formula is C23H23N5O2. The van der Waals surface area contributed by atoms with Crippen LogP contribution < -0.4 is 15.4 Å². The van der Waals surface area contributed by atoms with Crippen LogP contribution >= 0.6 is 0 Å². The lowest BCUT2D eigenvalue weighted by Gasteiger charge is -2.55. The summed E-state index contributed by atoms with van der Waals surface area (Å²) in [6.45, 7) is 0. The molecule has 7 nitrogen and oxygen atoms in total. The zero-order valence-electron chi connectivity index (χ0n) is 16.9. The number of hydrogen-bond acceptors (Lipinski definition) is 6. The van der Waals surface area contributed by atoms with Gasteiger partial charge < -0.3 is 15.4 Å². The summed E-state index contributed by atoms with van der Waals surface area (Å²) in [5, 5.41) is 33.0. The summed E-state index contributed by atoms with van der Waals surface area (Å²) < 4.78 is 5.45. The van der Waals surface area contributed by atoms with Gasteiger partial charge in [-0.3, -0.25) is 4.79 Å². The summed E-state index contributed by atoms with van der Waals surface area (Å²) in [7, 11) is 1.51. The van der Waals surface area contributed by atoms with Crippen LogP contribution in [0.3, 0.4) is 0 Å². The Bertz CT molecular complexity index is 986. The highest BCUT2D eigenvalue weighted by Gasteiger charge is 2.54. The molecule has 7 heteroatoms. The molecule has 30 heavy (non-hydrogen) atoms. The maximum absolute atomic E-state index is 13.3. The minimum Gasteiger partial charge on any atom is -0.494 e. The first-order valence-electron chi connectivity index (χ1n) is 10.2. The lowest BCUT2D eigenvalue weighted by molar-refractivity contribution is -0.140. The monoisotopic (exact) mass is 401 g/mol. The topological polar surface area (TPSA) is 122 Å². The molecule has 152 valence electrons. The molecule has 0 unspecified atom stereocenters. The highest BCUT2D eigenvalue weighted by molar-refractivity contribution is 5.97. The molecule has 4 aliphatic carbocycles. The molecule has 4 aliphatic rings. The standard InChI is InChI=1S/C23H23N5O2/c1-30-21-7-18(27-20(13-26)17(11-24)12-25)2-3-19(21)28-22(29)23-8-14-4-15(9-23)6-16(5-14)10-23/h2-3,7,14-16,27H,4-6,8-10H2,1H3,(H,28,29). The third-order valence-electron chi connectivity index (χ3n) is 6.82. The van der Waals surface area contributed by atoms with Gasteiger partial charge in [-0.1, -0.05) is 0 Å². The van der Waals surface area contributed by atoms with E-state index in [-0.39, 0.29) is 22.6 Å². The van der Waals surface area contributed by atoms with Gasteiger partial charge in [-0.2, -0.15) is 15.8 Å². The third kappa shape index (κ3) is 3.46. The maximum Gasteiger partial charge on any atom is 0.230 e. The van der Waals surface area contributed by atoms with E-state index >= 15 is 0 Å². The van der Waals surface area contributed by atoms with Crippen LogP contribution in [0.2, 0.25) is 0 Å². The van der Waals surface area contributed by atoms with E-state index in [1.54, 1.807) is 30.3 Å². The van der Waals surface area contributed by atoms with Crippen molar-refractivity contribution in [3.8, 4) is 24.0 Å². The molecule has 5 rings (SSSR count). The Balaban J connectivity index is 1.54. The van der Waals surface area contributed by atoms with E-state index in [1.165, 1.54) is 26.4 Å². The zero-order chi connectivity index (χ0) is 21.3. The van der Waals surface area contributed by atoms with Crippen molar-refractivity contribution in [2.24, 2.45) is 23.2 Å². The van der Waals surface area contributed by atoms with E-state index in [0.717, 1.165) is 19.3 Å². The highest BCUT2D eigenvalue weighted by Crippen LogP contribution is 2.60. The summed E-state index contributed by atoms with van der Waals surface area (Å²) >= 11 is 0. The van der Waals surface area contributed by atoms with Crippen LogP contribution in [-0.4, -0.2) is 13.0 Å². The third-order valence-corrected chi connectivity index (χ3v) is 6.82. The summed E-state index contributed by atoms with van der Waals surface area (Å²) in [4.78, 5) is 13.3. The van der Waals surface area contributed by atoms with Crippen molar-refractivity contribution in [3.63, 3.8) is 0 Å². The quantitative estimate of drug-likeness (QED) is 0.717. The molecule has 0 saturated heterocycles. The van der Waals surface area contributed by atoms with Gasteiger partial charge in [0.15, 0.2) is 5.57 Å². The number of hydrogen-bond donors (Lipinski definition) is 2. The van der Waals surface area contributed by atoms with Crippen molar-refractivity contribution in [1.82, 2.24) is 0 Å². The SMILES string of the molecule is COc1cc(NC(C#N)=C(C#N)C#N)ccc1NC(=O)C12CC3CC(CC(C3)C1)C2. The molecule has 4 saturated carbocycles. The summed E-state index contributed by atoms with van der Waals surface area (Å²) in [6.07, 6.45) is 6.77. The summed E-state index contributed by atoms with van der Waals surface area (Å²) in [5.74, 6) is 2.57. The molecule has 1 aromatic carbocycles. The number of allylic oxidation sites excluding steroid dienone is 2. The average molecular weight is 401 g/mol. The van der Waals surface area contributed by atoms with Gasteiger partial charge in [0.2, 0.25) is 5.91 Å². The smallest absolute Gasteiger partial charge is 0.230 e. The largest absolute Gasteiger partial charge is 0.494 e. The van der Waals surface area contributed by atoms with E-state index < -0.39 is 0 Å². The van der Waals surface area contributed by atoms with Gasteiger partial charge in [0.25, 0.3) is 0 Å². The molecule has 4 bridgehead atoms. The lowest BCUT2D eigenvalue weighted by Crippen LogP contribution is -2.51. The van der Waals surface area contributed by atoms with E-state index in [1.807, 2.05) is 6.07 Å². The zero-order valence-corrected chi connectivity index (χ0v) is 16.9. The van der Waals surface area contributed by atoms with Gasteiger partial charge in [0.05, 0.1) is 18.2 Å². The number of benzene rings is 1. The predicted octanol–water partition coefficient (Wildman–Crippen LogP) is 4.09. The fourth-order valence-electron chi connectivity index (χ4n) is 5.94. The number of carbonyl (C=O) groups excluding carboxylic acids is 1. The number of carbonyl (C=O) groups is 1. The van der Waals surface area contributed by atoms with Crippen molar-refractivity contribution >= 4 is 17.3 Å². The highest BCUT2D eigenvalue weighted by atomic mass is 16.5. The number of anilines is 2. The minimum atomic E-state index is -0.296. The first kappa shape index (κ1) is 19.8. The van der Waals surface area contributed by atoms with E-state index in [0.29, 0.717) is 34.9 Å². The number of nitriles is 3. The van der Waals surface area contributed by atoms with Crippen LogP contribution in [-0.2, 0) is 4.79 Å². The molecule has 2 N–H and O–H groups in total. The maximum atomic E-state index is 13.3. The molecule has 1 aromatic rings. The molecule has 0 aliphatic heterocycles. The lowest BCUT2D eigenvalue weighted by atomic mass is 9.49. The fraction of sp³-hybridized carbons (Fsp3) is 0.478. The van der Waals surface area contributed by atoms with Crippen LogP contribution in [0.15, 0.2) is 29.5 Å². The predicted molar refractivity (Wildman–Crippen MR) is 110 cm³/mol. The van der Waals surface area contributed by atoms with Crippen molar-refractivity contribution in [3.05, 3.63) is 29.5 Å². The molecule has 0 spiro atoms. The fourth-order valence-corrected chi connectivity index (χ4v) is 5.94. The first-order chi connectivity index (χ1) is 14.5. The Morgan fingerprint density at radius 1 is 1.00 bits per heavy atom. The van der Waals surface area contributed by atoms with Gasteiger partial charge >= 0.3 is 0 Å². The van der Waals surface area contributed by atoms with Gasteiger partial charge in [-0.25, -0.2) is 0 Å². The van der Waals surface area contributed by atoms with Crippen LogP contribution in [0.1, 0.15) is 38.5 Å². The molecule has 4 fully saturated rings. The van der Waals surface area contributed by atoms with Crippen molar-refractivity contribution < 1.29 is 9.53 Å². The Labute approximate surface area is 175 Å². The van der Waals surface area contributed by atoms with Crippen LogP contribution in [0.5, 0.6) is 5.75 Å². The van der Waals surface area contributed by atoms with E-state index in [2.05, 4.69) is 10.6 Å². The van der Waals surface area contributed by atoms with E-state index in [4.69, 9.17) is 15.3 Å². The normalized spacial score (nSPS) is 27.9.